The van der Waals surface area contributed by atoms with Gasteiger partial charge in [-0.1, -0.05) is 24.3 Å². The Labute approximate surface area is 159 Å². The molecule has 1 aromatic carbocycles. The lowest BCUT2D eigenvalue weighted by molar-refractivity contribution is 0.246. The highest BCUT2D eigenvalue weighted by Gasteiger charge is 2.22. The molecule has 0 spiro atoms. The number of nitrogens with zero attached hydrogens (tertiary/aromatic N) is 4. The van der Waals surface area contributed by atoms with E-state index in [2.05, 4.69) is 69.6 Å². The summed E-state index contributed by atoms with van der Waals surface area (Å²) in [4.78, 5) is 14.2. The van der Waals surface area contributed by atoms with Gasteiger partial charge in [-0.05, 0) is 37.3 Å². The Morgan fingerprint density at radius 2 is 2.04 bits per heavy atom. The Morgan fingerprint density at radius 1 is 1.15 bits per heavy atom. The van der Waals surface area contributed by atoms with Crippen molar-refractivity contribution >= 4 is 22.1 Å². The molecule has 1 saturated heterocycles. The molecule has 1 aliphatic rings. The Morgan fingerprint density at radius 3 is 2.88 bits per heavy atom. The summed E-state index contributed by atoms with van der Waals surface area (Å²) in [6, 6.07) is 8.59. The van der Waals surface area contributed by atoms with E-state index >= 15 is 0 Å². The number of hydrogen-bond donors (Lipinski definition) is 0. The molecule has 0 N–H and O–H groups in total. The topological polar surface area (TPSA) is 32.3 Å². The third-order valence-corrected chi connectivity index (χ3v) is 6.02. The zero-order valence-electron chi connectivity index (χ0n) is 15.6. The van der Waals surface area contributed by atoms with Gasteiger partial charge in [0.25, 0.3) is 0 Å². The smallest absolute Gasteiger partial charge is 0.0897 e. The van der Waals surface area contributed by atoms with Gasteiger partial charge in [-0.25, -0.2) is 4.98 Å². The van der Waals surface area contributed by atoms with Crippen molar-refractivity contribution in [3.8, 4) is 0 Å². The number of thiazole rings is 1. The van der Waals surface area contributed by atoms with E-state index < -0.39 is 0 Å². The maximum atomic E-state index is 4.66. The van der Waals surface area contributed by atoms with Crippen molar-refractivity contribution in [3.63, 3.8) is 0 Å². The Kier molecular flexibility index (Phi) is 5.29. The van der Waals surface area contributed by atoms with Crippen LogP contribution in [0.4, 0.5) is 0 Å². The Hall–Kier alpha value is -1.82. The van der Waals surface area contributed by atoms with Gasteiger partial charge < -0.3 is 4.90 Å². The summed E-state index contributed by atoms with van der Waals surface area (Å²) in [5, 5.41) is 5.94. The second-order valence-electron chi connectivity index (χ2n) is 7.45. The van der Waals surface area contributed by atoms with Gasteiger partial charge in [0.15, 0.2) is 0 Å². The SMILES string of the molecule is Cc1nc(CN2CCN(C)C[C@H](Cc3cncc4ccccc34)C2)cs1. The minimum absolute atomic E-state index is 0.606. The van der Waals surface area contributed by atoms with Crippen molar-refractivity contribution in [1.82, 2.24) is 19.8 Å². The highest BCUT2D eigenvalue weighted by Crippen LogP contribution is 2.22. The first-order valence-electron chi connectivity index (χ1n) is 9.31. The molecule has 0 amide bonds. The Balaban J connectivity index is 1.52. The standard InChI is InChI=1S/C21H26N4S/c1-16-23-20(15-26-16)14-25-8-7-24(2)12-17(13-25)9-19-11-22-10-18-5-3-4-6-21(18)19/h3-6,10-11,15,17H,7-9,12-14H2,1-2H3/t17-/m0/s1. The van der Waals surface area contributed by atoms with E-state index in [4.69, 9.17) is 0 Å². The van der Waals surface area contributed by atoms with Crippen LogP contribution in [-0.2, 0) is 13.0 Å². The monoisotopic (exact) mass is 366 g/mol. The molecule has 3 aromatic rings. The number of pyridine rings is 1. The van der Waals surface area contributed by atoms with Gasteiger partial charge in [0, 0.05) is 55.9 Å². The zero-order chi connectivity index (χ0) is 17.9. The summed E-state index contributed by atoms with van der Waals surface area (Å²) in [6.45, 7) is 7.52. The molecule has 1 aliphatic heterocycles. The summed E-state index contributed by atoms with van der Waals surface area (Å²) in [5.74, 6) is 0.606. The summed E-state index contributed by atoms with van der Waals surface area (Å²) in [6.07, 6.45) is 5.10. The van der Waals surface area contributed by atoms with Crippen LogP contribution in [0.1, 0.15) is 16.3 Å². The van der Waals surface area contributed by atoms with Gasteiger partial charge in [0.05, 0.1) is 10.7 Å². The van der Waals surface area contributed by atoms with Crippen LogP contribution in [0.25, 0.3) is 10.8 Å². The minimum Gasteiger partial charge on any atom is -0.305 e. The summed E-state index contributed by atoms with van der Waals surface area (Å²) in [7, 11) is 2.24. The van der Waals surface area contributed by atoms with Crippen LogP contribution in [0.3, 0.4) is 0 Å². The van der Waals surface area contributed by atoms with Crippen molar-refractivity contribution in [2.45, 2.75) is 19.9 Å². The van der Waals surface area contributed by atoms with Crippen molar-refractivity contribution in [2.24, 2.45) is 5.92 Å². The van der Waals surface area contributed by atoms with Crippen LogP contribution < -0.4 is 0 Å². The fraction of sp³-hybridized carbons (Fsp3) is 0.429. The molecular weight excluding hydrogens is 340 g/mol. The summed E-state index contributed by atoms with van der Waals surface area (Å²) in [5.41, 5.74) is 2.58. The third-order valence-electron chi connectivity index (χ3n) is 5.20. The molecule has 136 valence electrons. The van der Waals surface area contributed by atoms with E-state index in [0.29, 0.717) is 5.92 Å². The van der Waals surface area contributed by atoms with E-state index in [1.165, 1.54) is 22.0 Å². The predicted molar refractivity (Wildman–Crippen MR) is 109 cm³/mol. The molecular formula is C21H26N4S. The largest absolute Gasteiger partial charge is 0.305 e. The molecule has 4 rings (SSSR count). The van der Waals surface area contributed by atoms with Crippen molar-refractivity contribution in [1.29, 1.82) is 0 Å². The average molecular weight is 367 g/mol. The maximum Gasteiger partial charge on any atom is 0.0897 e. The van der Waals surface area contributed by atoms with E-state index in [0.717, 1.165) is 44.2 Å². The first-order valence-corrected chi connectivity index (χ1v) is 10.2. The molecule has 26 heavy (non-hydrogen) atoms. The fourth-order valence-electron chi connectivity index (χ4n) is 3.99. The van der Waals surface area contributed by atoms with Crippen LogP contribution in [0.2, 0.25) is 0 Å². The molecule has 0 saturated carbocycles. The van der Waals surface area contributed by atoms with Gasteiger partial charge in [-0.15, -0.1) is 11.3 Å². The van der Waals surface area contributed by atoms with E-state index in [-0.39, 0.29) is 0 Å². The number of aryl methyl sites for hydroxylation is 1. The van der Waals surface area contributed by atoms with Crippen LogP contribution in [0, 0.1) is 12.8 Å². The molecule has 0 aliphatic carbocycles. The average Bonchev–Trinajstić information content (AvgIpc) is 2.96. The molecule has 0 unspecified atom stereocenters. The van der Waals surface area contributed by atoms with Crippen LogP contribution in [-0.4, -0.2) is 53.0 Å². The van der Waals surface area contributed by atoms with E-state index in [1.807, 2.05) is 6.20 Å². The maximum absolute atomic E-state index is 4.66. The van der Waals surface area contributed by atoms with Gasteiger partial charge in [-0.3, -0.25) is 9.88 Å². The van der Waals surface area contributed by atoms with Crippen LogP contribution in [0.5, 0.6) is 0 Å². The lowest BCUT2D eigenvalue weighted by Gasteiger charge is -2.23. The molecule has 0 bridgehead atoms. The van der Waals surface area contributed by atoms with Crippen molar-refractivity contribution < 1.29 is 0 Å². The molecule has 4 nitrogen and oxygen atoms in total. The number of fused-ring (bicyclic) bond motifs is 1. The number of aromatic nitrogens is 2. The van der Waals surface area contributed by atoms with Gasteiger partial charge in [0.2, 0.25) is 0 Å². The van der Waals surface area contributed by atoms with Crippen molar-refractivity contribution in [3.05, 3.63) is 58.3 Å². The summed E-state index contributed by atoms with van der Waals surface area (Å²) >= 11 is 1.75. The molecule has 3 heterocycles. The molecule has 0 radical (unpaired) electrons. The van der Waals surface area contributed by atoms with Crippen LogP contribution in [0.15, 0.2) is 42.0 Å². The number of benzene rings is 1. The van der Waals surface area contributed by atoms with Gasteiger partial charge >= 0.3 is 0 Å². The lowest BCUT2D eigenvalue weighted by Crippen LogP contribution is -2.30. The zero-order valence-corrected chi connectivity index (χ0v) is 16.4. The number of rotatable bonds is 4. The molecule has 1 atom stereocenters. The van der Waals surface area contributed by atoms with Crippen LogP contribution >= 0.6 is 11.3 Å². The highest BCUT2D eigenvalue weighted by atomic mass is 32.1. The summed E-state index contributed by atoms with van der Waals surface area (Å²) < 4.78 is 0. The second kappa shape index (κ2) is 7.82. The Bertz CT molecular complexity index is 870. The van der Waals surface area contributed by atoms with Gasteiger partial charge in [-0.2, -0.15) is 0 Å². The minimum atomic E-state index is 0.606. The van der Waals surface area contributed by atoms with E-state index in [9.17, 15) is 0 Å². The molecule has 2 aromatic heterocycles. The predicted octanol–water partition coefficient (Wildman–Crippen LogP) is 3.61. The molecule has 5 heteroatoms. The lowest BCUT2D eigenvalue weighted by atomic mass is 9.96. The number of likely N-dealkylation sites (N-methyl/N-ethyl adjacent to an activating group) is 1. The third kappa shape index (κ3) is 4.11. The molecule has 1 fully saturated rings. The normalized spacial score (nSPS) is 19.7. The second-order valence-corrected chi connectivity index (χ2v) is 8.51. The van der Waals surface area contributed by atoms with Crippen molar-refractivity contribution in [2.75, 3.05) is 33.2 Å². The quantitative estimate of drug-likeness (QED) is 0.706. The van der Waals surface area contributed by atoms with Gasteiger partial charge in [0.1, 0.15) is 0 Å². The number of hydrogen-bond acceptors (Lipinski definition) is 5. The highest BCUT2D eigenvalue weighted by molar-refractivity contribution is 7.09. The fourth-order valence-corrected chi connectivity index (χ4v) is 4.60. The first-order chi connectivity index (χ1) is 12.7. The van der Waals surface area contributed by atoms with E-state index in [1.54, 1.807) is 11.3 Å². The first kappa shape index (κ1) is 17.6.